The zero-order valence-electron chi connectivity index (χ0n) is 20.6. The van der Waals surface area contributed by atoms with Gasteiger partial charge in [-0.3, -0.25) is 9.59 Å². The molecule has 2 aromatic rings. The van der Waals surface area contributed by atoms with Gasteiger partial charge in [0.05, 0.1) is 6.61 Å². The monoisotopic (exact) mass is 522 g/mol. The quantitative estimate of drug-likeness (QED) is 0.320. The molecule has 11 heteroatoms. The minimum atomic E-state index is -3.84. The molecule has 0 spiro atoms. The van der Waals surface area contributed by atoms with Gasteiger partial charge in [-0.05, 0) is 55.5 Å². The number of hydroxylamine groups is 1. The molecule has 0 bridgehead atoms. The predicted octanol–water partition coefficient (Wildman–Crippen LogP) is 2.04. The Morgan fingerprint density at radius 1 is 1.22 bits per heavy atom. The van der Waals surface area contributed by atoms with Crippen molar-refractivity contribution in [2.75, 3.05) is 26.1 Å². The lowest BCUT2D eigenvalue weighted by atomic mass is 10.1. The number of benzene rings is 1. The zero-order chi connectivity index (χ0) is 26.2. The lowest BCUT2D eigenvalue weighted by Gasteiger charge is -2.28. The topological polar surface area (TPSA) is 133 Å². The number of hydrogen-bond donors (Lipinski definition) is 2. The molecule has 1 aliphatic heterocycles. The Morgan fingerprint density at radius 2 is 1.97 bits per heavy atom. The summed E-state index contributed by atoms with van der Waals surface area (Å²) in [5.41, 5.74) is 3.44. The van der Waals surface area contributed by atoms with Crippen LogP contribution in [0.4, 0.5) is 0 Å². The molecule has 3 rings (SSSR count). The van der Waals surface area contributed by atoms with Crippen molar-refractivity contribution in [1.29, 1.82) is 0 Å². The minimum Gasteiger partial charge on any atom is -0.494 e. The summed E-state index contributed by atoms with van der Waals surface area (Å²) in [6.07, 6.45) is 4.80. The second kappa shape index (κ2) is 12.5. The first-order chi connectivity index (χ1) is 17.1. The van der Waals surface area contributed by atoms with Crippen LogP contribution in [0.25, 0.3) is 11.1 Å². The number of aromatic nitrogens is 1. The number of nitrogens with one attached hydrogen (secondary N) is 1. The highest BCUT2D eigenvalue weighted by molar-refractivity contribution is 7.92. The summed E-state index contributed by atoms with van der Waals surface area (Å²) in [6, 6.07) is 10.4. The summed E-state index contributed by atoms with van der Waals surface area (Å²) in [5, 5.41) is 8.84. The third-order valence-electron chi connectivity index (χ3n) is 6.30. The van der Waals surface area contributed by atoms with Gasteiger partial charge in [-0.15, -0.1) is 0 Å². The van der Waals surface area contributed by atoms with Gasteiger partial charge in [-0.25, -0.2) is 18.7 Å². The van der Waals surface area contributed by atoms with E-state index < -0.39 is 26.8 Å². The van der Waals surface area contributed by atoms with Crippen molar-refractivity contribution in [1.82, 2.24) is 10.0 Å². The molecule has 1 aliphatic rings. The molecule has 198 valence electrons. The number of aliphatic hydroxyl groups excluding tert-OH is 1. The third kappa shape index (κ3) is 7.16. The van der Waals surface area contributed by atoms with Crippen LogP contribution in [0.3, 0.4) is 0 Å². The first-order valence-corrected chi connectivity index (χ1v) is 13.8. The molecule has 1 aromatic carbocycles. The van der Waals surface area contributed by atoms with Crippen LogP contribution in [-0.4, -0.2) is 61.1 Å². The molecule has 1 saturated heterocycles. The minimum absolute atomic E-state index is 0.0215. The highest BCUT2D eigenvalue weighted by Gasteiger charge is 2.44. The Labute approximate surface area is 211 Å². The molecule has 1 fully saturated rings. The number of pyridine rings is 1. The van der Waals surface area contributed by atoms with Crippen molar-refractivity contribution >= 4 is 15.7 Å². The van der Waals surface area contributed by atoms with Crippen molar-refractivity contribution in [3.05, 3.63) is 52.9 Å². The summed E-state index contributed by atoms with van der Waals surface area (Å²) in [4.78, 5) is 30.9. The Balaban J connectivity index is 1.66. The number of ether oxygens (including phenoxy) is 2. The van der Waals surface area contributed by atoms with Crippen molar-refractivity contribution in [3.8, 4) is 16.9 Å². The molecule has 0 aliphatic carbocycles. The smallest absolute Gasteiger partial charge is 0.264 e. The van der Waals surface area contributed by atoms with Crippen LogP contribution >= 0.6 is 0 Å². The SMILES string of the molecule is CC(CCn1ccc(-c2ccc(OCCCO)cc2)cc1=O)(C(=O)NOC1CCCCO1)S(C)(=O)=O. The van der Waals surface area contributed by atoms with Crippen molar-refractivity contribution in [2.45, 2.75) is 56.6 Å². The van der Waals surface area contributed by atoms with E-state index in [4.69, 9.17) is 19.4 Å². The van der Waals surface area contributed by atoms with E-state index >= 15 is 0 Å². The molecule has 1 aromatic heterocycles. The number of carbonyl (C=O) groups is 1. The van der Waals surface area contributed by atoms with E-state index in [1.165, 1.54) is 17.6 Å². The molecule has 10 nitrogen and oxygen atoms in total. The summed E-state index contributed by atoms with van der Waals surface area (Å²) >= 11 is 0. The molecule has 2 N–H and O–H groups in total. The Kier molecular flexibility index (Phi) is 9.66. The van der Waals surface area contributed by atoms with Crippen LogP contribution in [0.5, 0.6) is 5.75 Å². The van der Waals surface area contributed by atoms with Gasteiger partial charge in [0.15, 0.2) is 20.9 Å². The summed E-state index contributed by atoms with van der Waals surface area (Å²) in [5.74, 6) is -0.136. The van der Waals surface area contributed by atoms with E-state index in [1.807, 2.05) is 12.1 Å². The van der Waals surface area contributed by atoms with Crippen LogP contribution in [0.2, 0.25) is 0 Å². The number of rotatable bonds is 12. The lowest BCUT2D eigenvalue weighted by Crippen LogP contribution is -2.51. The number of hydrogen-bond acceptors (Lipinski definition) is 8. The maximum atomic E-state index is 12.8. The van der Waals surface area contributed by atoms with E-state index in [9.17, 15) is 18.0 Å². The highest BCUT2D eigenvalue weighted by Crippen LogP contribution is 2.24. The Morgan fingerprint density at radius 3 is 2.58 bits per heavy atom. The van der Waals surface area contributed by atoms with Crippen LogP contribution < -0.4 is 15.8 Å². The van der Waals surface area contributed by atoms with Crippen molar-refractivity contribution in [3.63, 3.8) is 0 Å². The third-order valence-corrected chi connectivity index (χ3v) is 8.33. The second-order valence-electron chi connectivity index (χ2n) is 9.00. The number of sulfone groups is 1. The van der Waals surface area contributed by atoms with E-state index in [0.29, 0.717) is 37.4 Å². The fourth-order valence-electron chi connectivity index (χ4n) is 3.70. The molecule has 0 radical (unpaired) electrons. The second-order valence-corrected chi connectivity index (χ2v) is 11.4. The van der Waals surface area contributed by atoms with Crippen LogP contribution in [-0.2, 0) is 30.8 Å². The largest absolute Gasteiger partial charge is 0.494 e. The summed E-state index contributed by atoms with van der Waals surface area (Å²) in [6.45, 7) is 2.34. The van der Waals surface area contributed by atoms with Crippen molar-refractivity contribution in [2.24, 2.45) is 0 Å². The molecule has 0 saturated carbocycles. The highest BCUT2D eigenvalue weighted by atomic mass is 32.2. The average Bonchev–Trinajstić information content (AvgIpc) is 2.87. The van der Waals surface area contributed by atoms with Gasteiger partial charge in [0.1, 0.15) is 5.75 Å². The molecule has 36 heavy (non-hydrogen) atoms. The maximum absolute atomic E-state index is 12.8. The fourth-order valence-corrected chi connectivity index (χ4v) is 4.54. The molecular weight excluding hydrogens is 488 g/mol. The number of aliphatic hydroxyl groups is 1. The first kappa shape index (κ1) is 27.9. The zero-order valence-corrected chi connectivity index (χ0v) is 21.5. The van der Waals surface area contributed by atoms with Gasteiger partial charge in [-0.2, -0.15) is 0 Å². The molecule has 1 amide bonds. The lowest BCUT2D eigenvalue weighted by molar-refractivity contribution is -0.201. The molecule has 2 heterocycles. The molecular formula is C25H34N2O8S. The fraction of sp³-hybridized carbons (Fsp3) is 0.520. The Bertz CT molecular complexity index is 1170. The van der Waals surface area contributed by atoms with E-state index in [-0.39, 0.29) is 25.1 Å². The van der Waals surface area contributed by atoms with E-state index in [1.54, 1.807) is 24.4 Å². The summed E-state index contributed by atoms with van der Waals surface area (Å²) in [7, 11) is -3.84. The standard InChI is InChI=1S/C25H34N2O8S/c1-25(36(2,31)32,24(30)26-35-23-6-3-4-16-34-23)12-14-27-13-11-20(18-22(27)29)19-7-9-21(10-8-19)33-17-5-15-28/h7-11,13,18,23,28H,3-6,12,14-17H2,1-2H3,(H,26,30). The average molecular weight is 523 g/mol. The normalized spacial score (nSPS) is 17.8. The number of nitrogens with zero attached hydrogens (tertiary/aromatic N) is 1. The van der Waals surface area contributed by atoms with Gasteiger partial charge >= 0.3 is 0 Å². The van der Waals surface area contributed by atoms with Crippen LogP contribution in [0.15, 0.2) is 47.4 Å². The van der Waals surface area contributed by atoms with Gasteiger partial charge in [0.25, 0.3) is 11.5 Å². The van der Waals surface area contributed by atoms with Crippen molar-refractivity contribution < 1.29 is 32.6 Å². The van der Waals surface area contributed by atoms with Crippen LogP contribution in [0, 0.1) is 0 Å². The number of amides is 1. The molecule has 2 atom stereocenters. The maximum Gasteiger partial charge on any atom is 0.264 e. The first-order valence-electron chi connectivity index (χ1n) is 12.0. The predicted molar refractivity (Wildman–Crippen MR) is 134 cm³/mol. The summed E-state index contributed by atoms with van der Waals surface area (Å²) < 4.78 is 35.6. The van der Waals surface area contributed by atoms with Crippen LogP contribution in [0.1, 0.15) is 39.0 Å². The van der Waals surface area contributed by atoms with Gasteiger partial charge in [0, 0.05) is 51.1 Å². The van der Waals surface area contributed by atoms with Gasteiger partial charge in [-0.1, -0.05) is 12.1 Å². The molecule has 2 unspecified atom stereocenters. The van der Waals surface area contributed by atoms with E-state index in [2.05, 4.69) is 5.48 Å². The number of carbonyl (C=O) groups excluding carboxylic acids is 1. The Hall–Kier alpha value is -2.73. The van der Waals surface area contributed by atoms with Gasteiger partial charge in [0.2, 0.25) is 0 Å². The van der Waals surface area contributed by atoms with E-state index in [0.717, 1.165) is 24.7 Å². The van der Waals surface area contributed by atoms with Gasteiger partial charge < -0.3 is 19.1 Å². The number of aryl methyl sites for hydroxylation is 1.